The van der Waals surface area contributed by atoms with Gasteiger partial charge in [0.15, 0.2) is 0 Å². The minimum atomic E-state index is -4.59. The van der Waals surface area contributed by atoms with Crippen molar-refractivity contribution < 1.29 is 27.4 Å². The second-order valence-corrected chi connectivity index (χ2v) is 7.20. The lowest BCUT2D eigenvalue weighted by Gasteiger charge is -2.25. The lowest BCUT2D eigenvalue weighted by molar-refractivity contribution is -0.146. The van der Waals surface area contributed by atoms with E-state index in [-0.39, 0.29) is 23.6 Å². The normalized spacial score (nSPS) is 19.1. The molecule has 0 aliphatic carbocycles. The monoisotopic (exact) mass is 443 g/mol. The van der Waals surface area contributed by atoms with Crippen molar-refractivity contribution in [1.29, 1.82) is 0 Å². The number of ether oxygens (including phenoxy) is 2. The summed E-state index contributed by atoms with van der Waals surface area (Å²) in [5, 5.41) is 3.30. The van der Waals surface area contributed by atoms with Crippen LogP contribution in [0.5, 0.6) is 0 Å². The number of nitrogens with one attached hydrogen (secondary N) is 1. The molecule has 154 valence electrons. The van der Waals surface area contributed by atoms with E-state index < -0.39 is 29.9 Å². The van der Waals surface area contributed by atoms with E-state index in [0.717, 1.165) is 6.07 Å². The van der Waals surface area contributed by atoms with Gasteiger partial charge in [-0.15, -0.1) is 0 Å². The summed E-state index contributed by atoms with van der Waals surface area (Å²) >= 11 is 11.4. The summed E-state index contributed by atoms with van der Waals surface area (Å²) in [7, 11) is 0. The van der Waals surface area contributed by atoms with Gasteiger partial charge in [-0.1, -0.05) is 42.0 Å². The van der Waals surface area contributed by atoms with E-state index in [4.69, 9.17) is 33.3 Å². The van der Waals surface area contributed by atoms with Crippen LogP contribution < -0.4 is 5.32 Å². The summed E-state index contributed by atoms with van der Waals surface area (Å²) in [6.45, 7) is 1.82. The number of rotatable bonds is 4. The second kappa shape index (κ2) is 8.69. The maximum atomic E-state index is 13.6. The van der Waals surface area contributed by atoms with Gasteiger partial charge < -0.3 is 14.8 Å². The van der Waals surface area contributed by atoms with Crippen LogP contribution in [0, 0.1) is 0 Å². The van der Waals surface area contributed by atoms with Crippen molar-refractivity contribution in [2.75, 3.05) is 11.9 Å². The molecule has 29 heavy (non-hydrogen) atoms. The van der Waals surface area contributed by atoms with E-state index >= 15 is 0 Å². The Morgan fingerprint density at radius 2 is 1.97 bits per heavy atom. The molecule has 2 aromatic rings. The molecule has 1 aliphatic rings. The van der Waals surface area contributed by atoms with Gasteiger partial charge in [0.1, 0.15) is 17.2 Å². The smallest absolute Gasteiger partial charge is 0.416 e. The molecule has 0 saturated heterocycles. The zero-order valence-corrected chi connectivity index (χ0v) is 16.8. The predicted molar refractivity (Wildman–Crippen MR) is 107 cm³/mol. The number of halogens is 4. The maximum Gasteiger partial charge on any atom is 0.416 e. The first-order valence-corrected chi connectivity index (χ1v) is 9.56. The van der Waals surface area contributed by atoms with E-state index in [0.29, 0.717) is 16.3 Å². The molecule has 2 atom stereocenters. The van der Waals surface area contributed by atoms with Gasteiger partial charge in [-0.3, -0.25) is 4.79 Å². The van der Waals surface area contributed by atoms with E-state index in [1.165, 1.54) is 24.3 Å². The summed E-state index contributed by atoms with van der Waals surface area (Å²) < 4.78 is 51.9. The second-order valence-electron chi connectivity index (χ2n) is 6.32. The first kappa shape index (κ1) is 21.5. The number of hydrogen-bond donors (Lipinski definition) is 1. The van der Waals surface area contributed by atoms with Gasteiger partial charge in [0, 0.05) is 16.3 Å². The van der Waals surface area contributed by atoms with Crippen molar-refractivity contribution in [2.45, 2.75) is 31.7 Å². The van der Waals surface area contributed by atoms with Crippen LogP contribution in [0.4, 0.5) is 18.9 Å². The van der Waals surface area contributed by atoms with Crippen molar-refractivity contribution in [1.82, 2.24) is 0 Å². The molecular formula is C20H17ClF3NO3S. The van der Waals surface area contributed by atoms with Crippen molar-refractivity contribution in [3.8, 4) is 0 Å². The number of alkyl halides is 3. The molecule has 0 spiro atoms. The Labute approximate surface area is 175 Å². The molecule has 4 nitrogen and oxygen atoms in total. The number of thiocarbonyl (C=S) groups is 1. The molecule has 0 fully saturated rings. The molecule has 1 N–H and O–H groups in total. The molecule has 1 heterocycles. The standard InChI is InChI=1S/C20H17ClF3NO3S/c1-2-27-17(26)10-16-19(29)25-15-8-7-11(21)9-13(15)18(28-16)12-5-3-4-6-14(12)20(22,23)24/h3-9,16,18H,2,10H2,1H3,(H,25,29)/t16?,18-/m1/s1. The Kier molecular flexibility index (Phi) is 6.45. The number of anilines is 1. The number of benzene rings is 2. The van der Waals surface area contributed by atoms with Crippen molar-refractivity contribution >= 4 is 40.5 Å². The number of carbonyl (C=O) groups is 1. The molecule has 0 amide bonds. The minimum absolute atomic E-state index is 0.0936. The quantitative estimate of drug-likeness (QED) is 0.496. The van der Waals surface area contributed by atoms with E-state index in [2.05, 4.69) is 5.32 Å². The van der Waals surface area contributed by atoms with Gasteiger partial charge in [-0.05, 0) is 36.8 Å². The molecule has 2 aromatic carbocycles. The van der Waals surface area contributed by atoms with Crippen LogP contribution in [0.1, 0.15) is 36.1 Å². The Hall–Kier alpha value is -2.16. The fraction of sp³-hybridized carbons (Fsp3) is 0.300. The fourth-order valence-corrected chi connectivity index (χ4v) is 3.54. The highest BCUT2D eigenvalue weighted by Gasteiger charge is 2.39. The highest BCUT2D eigenvalue weighted by atomic mass is 35.5. The van der Waals surface area contributed by atoms with Crippen molar-refractivity contribution in [2.24, 2.45) is 0 Å². The first-order chi connectivity index (χ1) is 13.7. The lowest BCUT2D eigenvalue weighted by Crippen LogP contribution is -2.31. The molecule has 0 radical (unpaired) electrons. The topological polar surface area (TPSA) is 47.6 Å². The van der Waals surface area contributed by atoms with Crippen molar-refractivity contribution in [3.63, 3.8) is 0 Å². The number of carbonyl (C=O) groups excluding carboxylic acids is 1. The molecule has 1 unspecified atom stereocenters. The highest BCUT2D eigenvalue weighted by molar-refractivity contribution is 7.80. The van der Waals surface area contributed by atoms with Crippen LogP contribution in [-0.4, -0.2) is 23.7 Å². The third kappa shape index (κ3) is 4.88. The van der Waals surface area contributed by atoms with Gasteiger partial charge >= 0.3 is 12.1 Å². The summed E-state index contributed by atoms with van der Waals surface area (Å²) in [4.78, 5) is 12.1. The number of fused-ring (bicyclic) bond motifs is 1. The average molecular weight is 444 g/mol. The zero-order valence-electron chi connectivity index (χ0n) is 15.3. The van der Waals surface area contributed by atoms with E-state index in [1.807, 2.05) is 0 Å². The van der Waals surface area contributed by atoms with Crippen molar-refractivity contribution in [3.05, 3.63) is 64.2 Å². The average Bonchev–Trinajstić information content (AvgIpc) is 2.78. The Balaban J connectivity index is 2.11. The zero-order chi connectivity index (χ0) is 21.2. The number of hydrogen-bond acceptors (Lipinski definition) is 4. The van der Waals surface area contributed by atoms with Crippen LogP contribution >= 0.6 is 23.8 Å². The van der Waals surface area contributed by atoms with E-state index in [1.54, 1.807) is 19.1 Å². The largest absolute Gasteiger partial charge is 0.466 e. The van der Waals surface area contributed by atoms with Crippen LogP contribution in [0.15, 0.2) is 42.5 Å². The lowest BCUT2D eigenvalue weighted by atomic mass is 9.95. The SMILES string of the molecule is CCOC(=O)CC1O[C@H](c2ccccc2C(F)(F)F)c2cc(Cl)ccc2NC1=S. The summed E-state index contributed by atoms with van der Waals surface area (Å²) in [5.41, 5.74) is -0.0712. The Bertz CT molecular complexity index is 935. The van der Waals surface area contributed by atoms with Crippen LogP contribution in [0.3, 0.4) is 0 Å². The van der Waals surface area contributed by atoms with Crippen LogP contribution in [-0.2, 0) is 20.4 Å². The fourth-order valence-electron chi connectivity index (χ4n) is 3.11. The highest BCUT2D eigenvalue weighted by Crippen LogP contribution is 2.42. The molecule has 9 heteroatoms. The molecule has 1 aliphatic heterocycles. The Morgan fingerprint density at radius 1 is 1.24 bits per heavy atom. The molecule has 0 bridgehead atoms. The van der Waals surface area contributed by atoms with Gasteiger partial charge in [0.2, 0.25) is 0 Å². The third-order valence-electron chi connectivity index (χ3n) is 4.35. The summed E-state index contributed by atoms with van der Waals surface area (Å²) in [5.74, 6) is -0.562. The van der Waals surface area contributed by atoms with Crippen LogP contribution in [0.25, 0.3) is 0 Å². The molecular weight excluding hydrogens is 427 g/mol. The Morgan fingerprint density at radius 3 is 2.66 bits per heavy atom. The summed E-state index contributed by atoms with van der Waals surface area (Å²) in [6.07, 6.45) is -6.93. The first-order valence-electron chi connectivity index (χ1n) is 8.78. The van der Waals surface area contributed by atoms with Gasteiger partial charge in [0.25, 0.3) is 0 Å². The molecule has 3 rings (SSSR count). The van der Waals surface area contributed by atoms with E-state index in [9.17, 15) is 18.0 Å². The number of esters is 1. The van der Waals surface area contributed by atoms with Gasteiger partial charge in [-0.25, -0.2) is 0 Å². The maximum absolute atomic E-state index is 13.6. The predicted octanol–water partition coefficient (Wildman–Crippen LogP) is 5.54. The minimum Gasteiger partial charge on any atom is -0.466 e. The molecule has 0 aromatic heterocycles. The third-order valence-corrected chi connectivity index (χ3v) is 4.95. The summed E-state index contributed by atoms with van der Waals surface area (Å²) in [6, 6.07) is 9.86. The molecule has 0 saturated carbocycles. The van der Waals surface area contributed by atoms with Gasteiger partial charge in [-0.2, -0.15) is 13.2 Å². The van der Waals surface area contributed by atoms with Gasteiger partial charge in [0.05, 0.1) is 18.6 Å². The van der Waals surface area contributed by atoms with Crippen LogP contribution in [0.2, 0.25) is 5.02 Å².